The van der Waals surface area contributed by atoms with E-state index < -0.39 is 0 Å². The summed E-state index contributed by atoms with van der Waals surface area (Å²) in [6, 6.07) is 1.95. The van der Waals surface area contributed by atoms with E-state index in [1.807, 2.05) is 13.0 Å². The molecular weight excluding hydrogens is 238 g/mol. The molecule has 2 N–H and O–H groups in total. The van der Waals surface area contributed by atoms with Gasteiger partial charge in [-0.15, -0.1) is 0 Å². The van der Waals surface area contributed by atoms with Gasteiger partial charge in [0.2, 0.25) is 5.95 Å². The summed E-state index contributed by atoms with van der Waals surface area (Å²) < 4.78 is 0. The number of aryl methyl sites for hydroxylation is 1. The Kier molecular flexibility index (Phi) is 3.11. The van der Waals surface area contributed by atoms with E-state index in [1.165, 1.54) is 12.8 Å². The molecule has 5 heteroatoms. The third-order valence-corrected chi connectivity index (χ3v) is 3.67. The topological polar surface area (TPSA) is 77.6 Å². The molecule has 0 amide bonds. The quantitative estimate of drug-likeness (QED) is 0.892. The van der Waals surface area contributed by atoms with Crippen LogP contribution in [0.5, 0.6) is 0 Å². The number of nitrogen functional groups attached to an aromatic ring is 1. The molecule has 0 aromatic carbocycles. The first-order valence-corrected chi connectivity index (χ1v) is 6.66. The van der Waals surface area contributed by atoms with Crippen molar-refractivity contribution in [2.45, 2.75) is 38.5 Å². The van der Waals surface area contributed by atoms with Crippen LogP contribution in [0.3, 0.4) is 0 Å². The zero-order valence-corrected chi connectivity index (χ0v) is 11.0. The molecule has 1 saturated carbocycles. The first kappa shape index (κ1) is 12.0. The van der Waals surface area contributed by atoms with Gasteiger partial charge in [-0.25, -0.2) is 4.98 Å². The maximum absolute atomic E-state index is 5.83. The van der Waals surface area contributed by atoms with E-state index in [-0.39, 0.29) is 0 Å². The van der Waals surface area contributed by atoms with Crippen LogP contribution in [-0.4, -0.2) is 19.9 Å². The van der Waals surface area contributed by atoms with Crippen LogP contribution < -0.4 is 5.73 Å². The van der Waals surface area contributed by atoms with Gasteiger partial charge in [-0.1, -0.05) is 12.8 Å². The molecule has 2 aromatic rings. The lowest BCUT2D eigenvalue weighted by atomic mass is 10.1. The molecular formula is C14H17N5. The maximum Gasteiger partial charge on any atom is 0.223 e. The number of pyridine rings is 1. The Morgan fingerprint density at radius 1 is 1.16 bits per heavy atom. The number of rotatable bonds is 2. The van der Waals surface area contributed by atoms with Crippen molar-refractivity contribution in [3.63, 3.8) is 0 Å². The third kappa shape index (κ3) is 2.41. The van der Waals surface area contributed by atoms with Crippen molar-refractivity contribution in [2.75, 3.05) is 5.73 Å². The average Bonchev–Trinajstić information content (AvgIpc) is 2.92. The van der Waals surface area contributed by atoms with Crippen LogP contribution in [-0.2, 0) is 0 Å². The largest absolute Gasteiger partial charge is 0.368 e. The zero-order valence-electron chi connectivity index (χ0n) is 11.0. The number of hydrogen-bond donors (Lipinski definition) is 1. The van der Waals surface area contributed by atoms with E-state index in [9.17, 15) is 0 Å². The highest BCUT2D eigenvalue weighted by Gasteiger charge is 2.21. The van der Waals surface area contributed by atoms with Gasteiger partial charge in [-0.3, -0.25) is 4.98 Å². The van der Waals surface area contributed by atoms with E-state index in [1.54, 1.807) is 12.4 Å². The van der Waals surface area contributed by atoms with Gasteiger partial charge in [0.05, 0.1) is 0 Å². The lowest BCUT2D eigenvalue weighted by Crippen LogP contribution is -2.08. The summed E-state index contributed by atoms with van der Waals surface area (Å²) in [7, 11) is 0. The maximum atomic E-state index is 5.83. The molecule has 0 aliphatic heterocycles. The molecule has 0 bridgehead atoms. The Morgan fingerprint density at radius 3 is 2.68 bits per heavy atom. The van der Waals surface area contributed by atoms with Crippen LogP contribution in [0.2, 0.25) is 0 Å². The first-order valence-electron chi connectivity index (χ1n) is 6.66. The summed E-state index contributed by atoms with van der Waals surface area (Å²) in [5, 5.41) is 0. The van der Waals surface area contributed by atoms with E-state index in [4.69, 9.17) is 5.73 Å². The molecule has 0 unspecified atom stereocenters. The standard InChI is InChI=1S/C14H17N5/c1-9-6-7-16-8-11(9)13-17-12(18-14(15)19-13)10-4-2-3-5-10/h6-8,10H,2-5H2,1H3,(H2,15,17,18,19). The predicted octanol–water partition coefficient (Wildman–Crippen LogP) is 2.48. The minimum absolute atomic E-state index is 0.301. The van der Waals surface area contributed by atoms with E-state index >= 15 is 0 Å². The second-order valence-corrected chi connectivity index (χ2v) is 5.05. The minimum Gasteiger partial charge on any atom is -0.368 e. The summed E-state index contributed by atoms with van der Waals surface area (Å²) >= 11 is 0. The van der Waals surface area contributed by atoms with Gasteiger partial charge in [0.15, 0.2) is 5.82 Å². The van der Waals surface area contributed by atoms with E-state index in [2.05, 4.69) is 19.9 Å². The number of nitrogens with two attached hydrogens (primary N) is 1. The molecule has 2 heterocycles. The van der Waals surface area contributed by atoms with Crippen molar-refractivity contribution >= 4 is 5.95 Å². The normalized spacial score (nSPS) is 15.8. The van der Waals surface area contributed by atoms with Crippen LogP contribution in [0, 0.1) is 6.92 Å². The highest BCUT2D eigenvalue weighted by Crippen LogP contribution is 2.33. The number of hydrogen-bond acceptors (Lipinski definition) is 5. The molecule has 0 radical (unpaired) electrons. The first-order chi connectivity index (χ1) is 9.24. The van der Waals surface area contributed by atoms with Crippen molar-refractivity contribution in [2.24, 2.45) is 0 Å². The van der Waals surface area contributed by atoms with Crippen LogP contribution in [0.25, 0.3) is 11.4 Å². The monoisotopic (exact) mass is 255 g/mol. The summed E-state index contributed by atoms with van der Waals surface area (Å²) in [6.45, 7) is 2.02. The lowest BCUT2D eigenvalue weighted by Gasteiger charge is -2.10. The van der Waals surface area contributed by atoms with Crippen LogP contribution in [0.15, 0.2) is 18.5 Å². The van der Waals surface area contributed by atoms with Crippen LogP contribution in [0.4, 0.5) is 5.95 Å². The van der Waals surface area contributed by atoms with Crippen molar-refractivity contribution in [3.05, 3.63) is 29.8 Å². The SMILES string of the molecule is Cc1ccncc1-c1nc(N)nc(C2CCCC2)n1. The second kappa shape index (κ2) is 4.91. The van der Waals surface area contributed by atoms with Crippen molar-refractivity contribution in [1.29, 1.82) is 0 Å². The molecule has 1 fully saturated rings. The van der Waals surface area contributed by atoms with Gasteiger partial charge in [-0.05, 0) is 31.4 Å². The molecule has 0 atom stereocenters. The van der Waals surface area contributed by atoms with E-state index in [0.29, 0.717) is 17.7 Å². The molecule has 2 aromatic heterocycles. The molecule has 98 valence electrons. The van der Waals surface area contributed by atoms with Gasteiger partial charge < -0.3 is 5.73 Å². The van der Waals surface area contributed by atoms with Gasteiger partial charge in [-0.2, -0.15) is 9.97 Å². The van der Waals surface area contributed by atoms with Gasteiger partial charge in [0.1, 0.15) is 5.82 Å². The Hall–Kier alpha value is -2.04. The molecule has 5 nitrogen and oxygen atoms in total. The molecule has 1 aliphatic rings. The fourth-order valence-corrected chi connectivity index (χ4v) is 2.59. The van der Waals surface area contributed by atoms with Crippen LogP contribution >= 0.6 is 0 Å². The fraction of sp³-hybridized carbons (Fsp3) is 0.429. The van der Waals surface area contributed by atoms with Crippen molar-refractivity contribution in [1.82, 2.24) is 19.9 Å². The molecule has 3 rings (SSSR count). The highest BCUT2D eigenvalue weighted by atomic mass is 15.1. The Morgan fingerprint density at radius 2 is 1.95 bits per heavy atom. The Labute approximate surface area is 112 Å². The number of nitrogens with zero attached hydrogens (tertiary/aromatic N) is 4. The lowest BCUT2D eigenvalue weighted by molar-refractivity contribution is 0.665. The number of anilines is 1. The van der Waals surface area contributed by atoms with Gasteiger partial charge in [0.25, 0.3) is 0 Å². The highest BCUT2D eigenvalue weighted by molar-refractivity contribution is 5.59. The molecule has 1 aliphatic carbocycles. The Bertz CT molecular complexity index is 590. The average molecular weight is 255 g/mol. The van der Waals surface area contributed by atoms with Crippen molar-refractivity contribution in [3.8, 4) is 11.4 Å². The molecule has 0 saturated heterocycles. The minimum atomic E-state index is 0.301. The summed E-state index contributed by atoms with van der Waals surface area (Å²) in [6.07, 6.45) is 8.34. The summed E-state index contributed by atoms with van der Waals surface area (Å²) in [4.78, 5) is 17.3. The summed E-state index contributed by atoms with van der Waals surface area (Å²) in [5.41, 5.74) is 7.85. The van der Waals surface area contributed by atoms with E-state index in [0.717, 1.165) is 29.8 Å². The third-order valence-electron chi connectivity index (χ3n) is 3.67. The van der Waals surface area contributed by atoms with Crippen LogP contribution in [0.1, 0.15) is 43.0 Å². The predicted molar refractivity (Wildman–Crippen MR) is 73.4 cm³/mol. The van der Waals surface area contributed by atoms with Gasteiger partial charge in [0, 0.05) is 23.9 Å². The zero-order chi connectivity index (χ0) is 13.2. The second-order valence-electron chi connectivity index (χ2n) is 5.05. The Balaban J connectivity index is 2.04. The smallest absolute Gasteiger partial charge is 0.223 e. The van der Waals surface area contributed by atoms with Crippen molar-refractivity contribution < 1.29 is 0 Å². The molecule has 0 spiro atoms. The molecule has 19 heavy (non-hydrogen) atoms. The summed E-state index contributed by atoms with van der Waals surface area (Å²) in [5.74, 6) is 2.21. The number of aromatic nitrogens is 4. The van der Waals surface area contributed by atoms with Gasteiger partial charge >= 0.3 is 0 Å². The fourth-order valence-electron chi connectivity index (χ4n) is 2.59.